The molecule has 84 valence electrons. The molecule has 1 aliphatic rings. The fourth-order valence-electron chi connectivity index (χ4n) is 2.23. The Morgan fingerprint density at radius 1 is 1.60 bits per heavy atom. The van der Waals surface area contributed by atoms with Crippen LogP contribution in [0.4, 0.5) is 0 Å². The second-order valence-corrected chi connectivity index (χ2v) is 4.39. The van der Waals surface area contributed by atoms with Crippen molar-refractivity contribution in [2.24, 2.45) is 18.7 Å². The van der Waals surface area contributed by atoms with Crippen LogP contribution in [0.1, 0.15) is 12.1 Å². The van der Waals surface area contributed by atoms with Gasteiger partial charge in [0.2, 0.25) is 0 Å². The molecule has 2 N–H and O–H groups in total. The van der Waals surface area contributed by atoms with Crippen molar-refractivity contribution < 1.29 is 0 Å². The number of hydrogen-bond donors (Lipinski definition) is 1. The third-order valence-corrected chi connectivity index (χ3v) is 3.31. The highest BCUT2D eigenvalue weighted by Gasteiger charge is 2.20. The van der Waals surface area contributed by atoms with Gasteiger partial charge in [-0.25, -0.2) is 0 Å². The molecule has 15 heavy (non-hydrogen) atoms. The number of likely N-dealkylation sites (tertiary alicyclic amines) is 1. The van der Waals surface area contributed by atoms with Crippen molar-refractivity contribution in [1.29, 1.82) is 0 Å². The lowest BCUT2D eigenvalue weighted by Gasteiger charge is -2.15. The molecule has 1 aromatic rings. The van der Waals surface area contributed by atoms with Crippen molar-refractivity contribution in [3.63, 3.8) is 0 Å². The zero-order chi connectivity index (χ0) is 10.7. The molecule has 1 fully saturated rings. The monoisotopic (exact) mass is 208 g/mol. The summed E-state index contributed by atoms with van der Waals surface area (Å²) in [5, 5.41) is 4.17. The molecule has 1 saturated heterocycles. The molecule has 2 rings (SSSR count). The van der Waals surface area contributed by atoms with Gasteiger partial charge in [0.05, 0.1) is 0 Å². The normalized spacial score (nSPS) is 22.4. The topological polar surface area (TPSA) is 47.1 Å². The number of nitrogens with two attached hydrogens (primary N) is 1. The van der Waals surface area contributed by atoms with E-state index in [4.69, 9.17) is 5.73 Å². The lowest BCUT2D eigenvalue weighted by atomic mass is 10.1. The van der Waals surface area contributed by atoms with E-state index in [1.165, 1.54) is 25.2 Å². The molecule has 0 bridgehead atoms. The Kier molecular flexibility index (Phi) is 3.38. The van der Waals surface area contributed by atoms with Crippen LogP contribution >= 0.6 is 0 Å². The molecule has 1 unspecified atom stereocenters. The Bertz CT molecular complexity index is 307. The summed E-state index contributed by atoms with van der Waals surface area (Å²) >= 11 is 0. The van der Waals surface area contributed by atoms with E-state index >= 15 is 0 Å². The van der Waals surface area contributed by atoms with Crippen molar-refractivity contribution in [3.05, 3.63) is 18.0 Å². The first kappa shape index (κ1) is 10.6. The van der Waals surface area contributed by atoms with Crippen LogP contribution in [-0.2, 0) is 13.5 Å². The molecule has 0 spiro atoms. The highest BCUT2D eigenvalue weighted by molar-refractivity contribution is 5.00. The van der Waals surface area contributed by atoms with Crippen molar-refractivity contribution in [1.82, 2.24) is 14.7 Å². The van der Waals surface area contributed by atoms with Crippen LogP contribution in [0.5, 0.6) is 0 Å². The number of hydrogen-bond acceptors (Lipinski definition) is 3. The minimum Gasteiger partial charge on any atom is -0.330 e. The number of nitrogens with zero attached hydrogens (tertiary/aromatic N) is 3. The maximum Gasteiger partial charge on any atom is 0.0492 e. The first-order valence-corrected chi connectivity index (χ1v) is 5.69. The van der Waals surface area contributed by atoms with E-state index in [-0.39, 0.29) is 0 Å². The largest absolute Gasteiger partial charge is 0.330 e. The van der Waals surface area contributed by atoms with Crippen LogP contribution in [0.25, 0.3) is 0 Å². The van der Waals surface area contributed by atoms with E-state index in [0.717, 1.165) is 25.4 Å². The Morgan fingerprint density at radius 2 is 2.47 bits per heavy atom. The van der Waals surface area contributed by atoms with Gasteiger partial charge in [0.25, 0.3) is 0 Å². The van der Waals surface area contributed by atoms with Gasteiger partial charge in [0.15, 0.2) is 0 Å². The Morgan fingerprint density at radius 3 is 3.07 bits per heavy atom. The third-order valence-electron chi connectivity index (χ3n) is 3.31. The minimum absolute atomic E-state index is 0.719. The summed E-state index contributed by atoms with van der Waals surface area (Å²) < 4.78 is 1.95. The van der Waals surface area contributed by atoms with Gasteiger partial charge in [0.1, 0.15) is 0 Å². The van der Waals surface area contributed by atoms with Crippen molar-refractivity contribution in [2.75, 3.05) is 26.2 Å². The van der Waals surface area contributed by atoms with E-state index in [1.54, 1.807) is 0 Å². The molecular formula is C11H20N4. The predicted octanol–water partition coefficient (Wildman–Crippen LogP) is 0.243. The molecule has 4 nitrogen and oxygen atoms in total. The molecule has 0 aromatic carbocycles. The highest BCUT2D eigenvalue weighted by atomic mass is 15.3. The highest BCUT2D eigenvalue weighted by Crippen LogP contribution is 2.14. The smallest absolute Gasteiger partial charge is 0.0492 e. The van der Waals surface area contributed by atoms with Crippen LogP contribution in [0.3, 0.4) is 0 Å². The van der Waals surface area contributed by atoms with Crippen LogP contribution in [0, 0.1) is 5.92 Å². The number of aryl methyl sites for hydroxylation is 1. The zero-order valence-corrected chi connectivity index (χ0v) is 9.39. The van der Waals surface area contributed by atoms with Crippen LogP contribution in [-0.4, -0.2) is 40.9 Å². The van der Waals surface area contributed by atoms with Gasteiger partial charge in [-0.15, -0.1) is 0 Å². The van der Waals surface area contributed by atoms with Crippen molar-refractivity contribution in [2.45, 2.75) is 12.8 Å². The van der Waals surface area contributed by atoms with Gasteiger partial charge >= 0.3 is 0 Å². The first-order chi connectivity index (χ1) is 7.29. The van der Waals surface area contributed by atoms with Crippen LogP contribution in [0.2, 0.25) is 0 Å². The lowest BCUT2D eigenvalue weighted by Crippen LogP contribution is -2.25. The summed E-state index contributed by atoms with van der Waals surface area (Å²) in [7, 11) is 2.00. The van der Waals surface area contributed by atoms with E-state index < -0.39 is 0 Å². The quantitative estimate of drug-likeness (QED) is 0.771. The molecular weight excluding hydrogens is 188 g/mol. The fourth-order valence-corrected chi connectivity index (χ4v) is 2.23. The summed E-state index contributed by atoms with van der Waals surface area (Å²) in [6.45, 7) is 4.35. The molecule has 0 amide bonds. The number of aromatic nitrogens is 2. The summed E-state index contributed by atoms with van der Waals surface area (Å²) in [5.41, 5.74) is 6.98. The number of rotatable bonds is 4. The van der Waals surface area contributed by atoms with E-state index in [1.807, 2.05) is 17.9 Å². The molecule has 1 atom stereocenters. The van der Waals surface area contributed by atoms with Crippen LogP contribution in [0.15, 0.2) is 12.3 Å². The van der Waals surface area contributed by atoms with Gasteiger partial charge in [-0.3, -0.25) is 4.68 Å². The maximum absolute atomic E-state index is 5.67. The Hall–Kier alpha value is -0.870. The first-order valence-electron chi connectivity index (χ1n) is 5.69. The van der Waals surface area contributed by atoms with Crippen LogP contribution < -0.4 is 5.73 Å². The molecule has 1 aliphatic heterocycles. The average Bonchev–Trinajstić information content (AvgIpc) is 2.84. The minimum atomic E-state index is 0.719. The average molecular weight is 208 g/mol. The van der Waals surface area contributed by atoms with Gasteiger partial charge in [-0.1, -0.05) is 0 Å². The molecule has 0 saturated carbocycles. The van der Waals surface area contributed by atoms with E-state index in [9.17, 15) is 0 Å². The second-order valence-electron chi connectivity index (χ2n) is 4.39. The van der Waals surface area contributed by atoms with Gasteiger partial charge in [-0.05, 0) is 31.5 Å². The summed E-state index contributed by atoms with van der Waals surface area (Å²) in [6, 6.07) is 2.09. The van der Waals surface area contributed by atoms with Gasteiger partial charge < -0.3 is 10.6 Å². The maximum atomic E-state index is 5.67. The Balaban J connectivity index is 1.77. The third kappa shape index (κ3) is 2.58. The molecule has 4 heteroatoms. The Labute approximate surface area is 91.1 Å². The van der Waals surface area contributed by atoms with Gasteiger partial charge in [-0.2, -0.15) is 5.10 Å². The summed E-state index contributed by atoms with van der Waals surface area (Å²) in [6.07, 6.45) is 4.22. The second kappa shape index (κ2) is 4.77. The molecule has 1 aromatic heterocycles. The fraction of sp³-hybridized carbons (Fsp3) is 0.727. The zero-order valence-electron chi connectivity index (χ0n) is 9.39. The molecule has 0 radical (unpaired) electrons. The predicted molar refractivity (Wildman–Crippen MR) is 60.5 cm³/mol. The van der Waals surface area contributed by atoms with Crippen molar-refractivity contribution in [3.8, 4) is 0 Å². The molecule has 0 aliphatic carbocycles. The summed E-state index contributed by atoms with van der Waals surface area (Å²) in [5.74, 6) is 0.719. The molecule has 2 heterocycles. The lowest BCUT2D eigenvalue weighted by molar-refractivity contribution is 0.327. The standard InChI is InChI=1S/C11H20N4/c1-14-11(2-5-13-14)4-7-15-6-3-10(8-12)9-15/h2,5,10H,3-4,6-9,12H2,1H3. The van der Waals surface area contributed by atoms with E-state index in [2.05, 4.69) is 16.1 Å². The van der Waals surface area contributed by atoms with Crippen molar-refractivity contribution >= 4 is 0 Å². The summed E-state index contributed by atoms with van der Waals surface area (Å²) in [4.78, 5) is 2.50. The van der Waals surface area contributed by atoms with Gasteiger partial charge in [0, 0.05) is 38.4 Å². The SMILES string of the molecule is Cn1nccc1CCN1CCC(CN)C1. The van der Waals surface area contributed by atoms with E-state index in [0.29, 0.717) is 0 Å².